The highest BCUT2D eigenvalue weighted by molar-refractivity contribution is 7.17. The Kier molecular flexibility index (Phi) is 8.27. The Morgan fingerprint density at radius 2 is 2.00 bits per heavy atom. The maximum absolute atomic E-state index is 13.6. The number of urea groups is 1. The molecule has 1 fully saturated rings. The van der Waals surface area contributed by atoms with Crippen LogP contribution in [0, 0.1) is 0 Å². The van der Waals surface area contributed by atoms with E-state index in [1.807, 2.05) is 4.90 Å². The number of pyridine rings is 1. The van der Waals surface area contributed by atoms with Crippen molar-refractivity contribution in [2.75, 3.05) is 51.3 Å². The fourth-order valence-corrected chi connectivity index (χ4v) is 4.09. The molecular formula is C19H22BF3N6O3S. The first-order valence-electron chi connectivity index (χ1n) is 10.2. The molecule has 1 saturated heterocycles. The highest BCUT2D eigenvalue weighted by Crippen LogP contribution is 2.37. The number of anilines is 1. The van der Waals surface area contributed by atoms with Crippen LogP contribution in [0.2, 0.25) is 0 Å². The number of nitrogens with one attached hydrogen (secondary N) is 3. The van der Waals surface area contributed by atoms with Crippen molar-refractivity contribution in [2.45, 2.75) is 13.1 Å². The summed E-state index contributed by atoms with van der Waals surface area (Å²) in [7, 11) is 5.90. The quantitative estimate of drug-likeness (QED) is 0.513. The van der Waals surface area contributed by atoms with Gasteiger partial charge in [-0.25, -0.2) is 14.8 Å². The molecular weight excluding hydrogens is 460 g/mol. The lowest BCUT2D eigenvalue weighted by Gasteiger charge is -2.26. The van der Waals surface area contributed by atoms with Crippen molar-refractivity contribution < 1.29 is 27.5 Å². The van der Waals surface area contributed by atoms with Crippen LogP contribution in [0.1, 0.15) is 22.3 Å². The van der Waals surface area contributed by atoms with Crippen LogP contribution >= 0.6 is 11.3 Å². The van der Waals surface area contributed by atoms with E-state index in [0.717, 1.165) is 0 Å². The van der Waals surface area contributed by atoms with Crippen molar-refractivity contribution in [3.8, 4) is 10.6 Å². The van der Waals surface area contributed by atoms with E-state index in [1.165, 1.54) is 12.3 Å². The molecule has 2 radical (unpaired) electrons. The SMILES string of the molecule is [B]c1cnc(NC(=O)NCC)cc1-c1nc(C(F)(F)F)c(C(=O)NCCN2CCOCC2)s1. The molecule has 0 bridgehead atoms. The molecule has 33 heavy (non-hydrogen) atoms. The van der Waals surface area contributed by atoms with Crippen molar-refractivity contribution in [3.05, 3.63) is 22.8 Å². The van der Waals surface area contributed by atoms with E-state index in [4.69, 9.17) is 12.6 Å². The molecule has 176 valence electrons. The Labute approximate surface area is 193 Å². The summed E-state index contributed by atoms with van der Waals surface area (Å²) in [4.78, 5) is 33.4. The van der Waals surface area contributed by atoms with Gasteiger partial charge in [0.15, 0.2) is 5.69 Å². The highest BCUT2D eigenvalue weighted by atomic mass is 32.1. The fraction of sp³-hybridized carbons (Fsp3) is 0.474. The summed E-state index contributed by atoms with van der Waals surface area (Å²) in [6, 6.07) is 0.778. The van der Waals surface area contributed by atoms with Crippen molar-refractivity contribution >= 4 is 42.4 Å². The summed E-state index contributed by atoms with van der Waals surface area (Å²) in [6.07, 6.45) is -3.64. The van der Waals surface area contributed by atoms with Crippen LogP contribution in [0.15, 0.2) is 12.3 Å². The Bertz CT molecular complexity index is 998. The number of carbonyl (C=O) groups excluding carboxylic acids is 2. The van der Waals surface area contributed by atoms with Crippen LogP contribution in [0.25, 0.3) is 10.6 Å². The molecule has 14 heteroatoms. The van der Waals surface area contributed by atoms with E-state index in [2.05, 4.69) is 25.9 Å². The molecule has 3 heterocycles. The molecule has 1 aliphatic heterocycles. The van der Waals surface area contributed by atoms with Crippen LogP contribution in [0.3, 0.4) is 0 Å². The molecule has 2 aromatic heterocycles. The zero-order chi connectivity index (χ0) is 24.0. The van der Waals surface area contributed by atoms with Gasteiger partial charge in [0.1, 0.15) is 23.5 Å². The molecule has 0 saturated carbocycles. The number of morpholine rings is 1. The van der Waals surface area contributed by atoms with Gasteiger partial charge in [-0.2, -0.15) is 13.2 Å². The third-order valence-corrected chi connectivity index (χ3v) is 5.75. The molecule has 3 rings (SSSR count). The Balaban J connectivity index is 1.81. The first-order chi connectivity index (χ1) is 15.7. The predicted molar refractivity (Wildman–Crippen MR) is 118 cm³/mol. The molecule has 0 aromatic carbocycles. The number of carbonyl (C=O) groups is 2. The number of halogens is 3. The van der Waals surface area contributed by atoms with Gasteiger partial charge >= 0.3 is 12.2 Å². The van der Waals surface area contributed by atoms with E-state index in [9.17, 15) is 22.8 Å². The minimum Gasteiger partial charge on any atom is -0.379 e. The zero-order valence-electron chi connectivity index (χ0n) is 17.8. The van der Waals surface area contributed by atoms with Crippen LogP contribution < -0.4 is 21.4 Å². The minimum absolute atomic E-state index is 0.0539. The monoisotopic (exact) mass is 482 g/mol. The van der Waals surface area contributed by atoms with Crippen molar-refractivity contribution in [3.63, 3.8) is 0 Å². The van der Waals surface area contributed by atoms with E-state index >= 15 is 0 Å². The van der Waals surface area contributed by atoms with Gasteiger partial charge in [0, 0.05) is 44.5 Å². The van der Waals surface area contributed by atoms with Crippen LogP contribution in [0.5, 0.6) is 0 Å². The topological polar surface area (TPSA) is 108 Å². The third-order valence-electron chi connectivity index (χ3n) is 4.66. The second kappa shape index (κ2) is 10.9. The molecule has 0 atom stereocenters. The number of hydrogen-bond donors (Lipinski definition) is 3. The molecule has 0 unspecified atom stereocenters. The first kappa shape index (κ1) is 24.9. The highest BCUT2D eigenvalue weighted by Gasteiger charge is 2.40. The van der Waals surface area contributed by atoms with Crippen LogP contribution in [-0.4, -0.2) is 80.6 Å². The second-order valence-electron chi connectivity index (χ2n) is 7.05. The number of hydrogen-bond acceptors (Lipinski definition) is 7. The van der Waals surface area contributed by atoms with E-state index < -0.39 is 28.7 Å². The summed E-state index contributed by atoms with van der Waals surface area (Å²) in [5.74, 6) is -0.793. The number of ether oxygens (including phenoxy) is 1. The van der Waals surface area contributed by atoms with Gasteiger partial charge in [-0.3, -0.25) is 15.0 Å². The number of alkyl halides is 3. The summed E-state index contributed by atoms with van der Waals surface area (Å²) in [5.41, 5.74) is -1.11. The number of rotatable bonds is 7. The first-order valence-corrected chi connectivity index (χ1v) is 11.0. The Morgan fingerprint density at radius 3 is 2.67 bits per heavy atom. The van der Waals surface area contributed by atoms with Gasteiger partial charge in [0.2, 0.25) is 0 Å². The standard InChI is InChI=1S/C19H22BF3N6O3S/c1-2-24-18(31)27-13-9-11(12(20)10-26-13)17-28-15(19(21,22)23)14(33-17)16(30)25-3-4-29-5-7-32-8-6-29/h9-10H,2-8H2,1H3,(H,25,30)(H2,24,26,27,31). The fourth-order valence-electron chi connectivity index (χ4n) is 3.05. The van der Waals surface area contributed by atoms with E-state index in [1.54, 1.807) is 6.92 Å². The normalized spacial score (nSPS) is 14.7. The Hall–Kier alpha value is -2.71. The smallest absolute Gasteiger partial charge is 0.379 e. The van der Waals surface area contributed by atoms with Crippen molar-refractivity contribution in [2.24, 2.45) is 0 Å². The lowest BCUT2D eigenvalue weighted by atomic mass is 9.93. The summed E-state index contributed by atoms with van der Waals surface area (Å²) in [6.45, 7) is 5.33. The average molecular weight is 482 g/mol. The molecule has 1 aliphatic rings. The number of thiazole rings is 1. The number of amides is 3. The van der Waals surface area contributed by atoms with Gasteiger partial charge < -0.3 is 15.4 Å². The molecule has 0 spiro atoms. The molecule has 0 aliphatic carbocycles. The molecule has 2 aromatic rings. The molecule has 9 nitrogen and oxygen atoms in total. The van der Waals surface area contributed by atoms with E-state index in [-0.39, 0.29) is 28.4 Å². The van der Waals surface area contributed by atoms with E-state index in [0.29, 0.717) is 50.7 Å². The molecule has 3 N–H and O–H groups in total. The minimum atomic E-state index is -4.84. The van der Waals surface area contributed by atoms with Gasteiger partial charge in [-0.05, 0) is 13.0 Å². The summed E-state index contributed by atoms with van der Waals surface area (Å²) >= 11 is 0.573. The average Bonchev–Trinajstić information content (AvgIpc) is 3.22. The maximum atomic E-state index is 13.6. The molecule has 3 amide bonds. The van der Waals surface area contributed by atoms with Gasteiger partial charge in [-0.15, -0.1) is 11.3 Å². The number of aromatic nitrogens is 2. The van der Waals surface area contributed by atoms with Crippen molar-refractivity contribution in [1.82, 2.24) is 25.5 Å². The lowest BCUT2D eigenvalue weighted by Crippen LogP contribution is -2.41. The van der Waals surface area contributed by atoms with Gasteiger partial charge in [0.25, 0.3) is 5.91 Å². The van der Waals surface area contributed by atoms with Crippen LogP contribution in [-0.2, 0) is 10.9 Å². The Morgan fingerprint density at radius 1 is 1.27 bits per heavy atom. The largest absolute Gasteiger partial charge is 0.435 e. The summed E-state index contributed by atoms with van der Waals surface area (Å²) in [5, 5.41) is 7.39. The van der Waals surface area contributed by atoms with Gasteiger partial charge in [0.05, 0.1) is 13.2 Å². The predicted octanol–water partition coefficient (Wildman–Crippen LogP) is 1.22. The second-order valence-corrected chi connectivity index (χ2v) is 8.04. The third kappa shape index (κ3) is 6.65. The van der Waals surface area contributed by atoms with Crippen LogP contribution in [0.4, 0.5) is 23.8 Å². The number of nitrogens with zero attached hydrogens (tertiary/aromatic N) is 3. The van der Waals surface area contributed by atoms with Gasteiger partial charge in [-0.1, -0.05) is 5.46 Å². The zero-order valence-corrected chi connectivity index (χ0v) is 18.6. The lowest BCUT2D eigenvalue weighted by molar-refractivity contribution is -0.141. The van der Waals surface area contributed by atoms with Crippen molar-refractivity contribution in [1.29, 1.82) is 0 Å². The summed E-state index contributed by atoms with van der Waals surface area (Å²) < 4.78 is 46.1. The maximum Gasteiger partial charge on any atom is 0.435 e.